The average molecular weight is 459 g/mol. The van der Waals surface area contributed by atoms with Gasteiger partial charge >= 0.3 is 0 Å². The van der Waals surface area contributed by atoms with E-state index in [2.05, 4.69) is 26.1 Å². The van der Waals surface area contributed by atoms with Crippen molar-refractivity contribution in [3.63, 3.8) is 0 Å². The van der Waals surface area contributed by atoms with Crippen LogP contribution in [0.15, 0.2) is 53.0 Å². The lowest BCUT2D eigenvalue weighted by Gasteiger charge is -2.45. The van der Waals surface area contributed by atoms with Crippen LogP contribution >= 0.6 is 15.9 Å². The highest BCUT2D eigenvalue weighted by molar-refractivity contribution is 9.10. The lowest BCUT2D eigenvalue weighted by molar-refractivity contribution is -0.140. The summed E-state index contributed by atoms with van der Waals surface area (Å²) >= 11 is 3.19. The fraction of sp³-hybridized carbons (Fsp3) is 0.391. The maximum Gasteiger partial charge on any atom is 0.237 e. The van der Waals surface area contributed by atoms with Gasteiger partial charge in [-0.2, -0.15) is 0 Å². The third kappa shape index (κ3) is 4.01. The number of carbonyl (C=O) groups is 2. The van der Waals surface area contributed by atoms with E-state index in [-0.39, 0.29) is 23.5 Å². The first-order chi connectivity index (χ1) is 14.0. The Morgan fingerprint density at radius 3 is 2.48 bits per heavy atom. The minimum absolute atomic E-state index is 0.159. The summed E-state index contributed by atoms with van der Waals surface area (Å²) in [5, 5.41) is 2.59. The number of imide groups is 1. The smallest absolute Gasteiger partial charge is 0.237 e. The lowest BCUT2D eigenvalue weighted by atomic mass is 9.62. The minimum atomic E-state index is -0.648. The number of benzene rings is 2. The molecule has 2 aromatic carbocycles. The molecule has 0 aliphatic carbocycles. The number of halogens is 2. The molecule has 2 saturated heterocycles. The molecule has 2 aliphatic rings. The minimum Gasteiger partial charge on any atom is -0.299 e. The zero-order valence-corrected chi connectivity index (χ0v) is 17.8. The van der Waals surface area contributed by atoms with Crippen molar-refractivity contribution in [3.8, 4) is 0 Å². The zero-order valence-electron chi connectivity index (χ0n) is 16.2. The number of hydrogen-bond acceptors (Lipinski definition) is 3. The van der Waals surface area contributed by atoms with Crippen LogP contribution in [0, 0.1) is 11.7 Å². The van der Waals surface area contributed by atoms with E-state index in [0.29, 0.717) is 23.9 Å². The Labute approximate surface area is 178 Å². The molecule has 4 nitrogen and oxygen atoms in total. The van der Waals surface area contributed by atoms with Gasteiger partial charge in [-0.15, -0.1) is 0 Å². The molecule has 2 aliphatic heterocycles. The second-order valence-corrected chi connectivity index (χ2v) is 8.87. The molecule has 6 heteroatoms. The van der Waals surface area contributed by atoms with E-state index in [0.717, 1.165) is 37.1 Å². The monoisotopic (exact) mass is 458 g/mol. The number of piperidine rings is 2. The van der Waals surface area contributed by atoms with Gasteiger partial charge in [-0.1, -0.05) is 36.4 Å². The summed E-state index contributed by atoms with van der Waals surface area (Å²) in [4.78, 5) is 27.2. The maximum atomic E-state index is 13.8. The molecule has 1 N–H and O–H groups in total. The van der Waals surface area contributed by atoms with Gasteiger partial charge < -0.3 is 0 Å². The van der Waals surface area contributed by atoms with Crippen LogP contribution < -0.4 is 5.32 Å². The standard InChI is InChI=1S/C23H24BrFN2O2/c24-19-7-6-16(14-20(19)25)15-27-12-9-18(10-13-27)23(17-4-2-1-3-5-17)11-8-21(28)26-22(23)29/h1-7,14,18H,8-13,15H2,(H,26,28,29)/t23-/m0/s1. The van der Waals surface area contributed by atoms with E-state index in [4.69, 9.17) is 0 Å². The Hall–Kier alpha value is -2.05. The van der Waals surface area contributed by atoms with E-state index in [1.165, 1.54) is 0 Å². The number of likely N-dealkylation sites (tertiary alicyclic amines) is 1. The van der Waals surface area contributed by atoms with Gasteiger partial charge in [0.05, 0.1) is 9.89 Å². The van der Waals surface area contributed by atoms with Gasteiger partial charge in [-0.05, 0) is 77.5 Å². The predicted octanol–water partition coefficient (Wildman–Crippen LogP) is 4.17. The summed E-state index contributed by atoms with van der Waals surface area (Å²) in [5.41, 5.74) is 1.30. The third-order valence-electron chi connectivity index (χ3n) is 6.37. The first kappa shape index (κ1) is 20.2. The van der Waals surface area contributed by atoms with Crippen LogP contribution in [0.25, 0.3) is 0 Å². The number of rotatable bonds is 4. The van der Waals surface area contributed by atoms with E-state index >= 15 is 0 Å². The Kier molecular flexibility index (Phi) is 5.83. The van der Waals surface area contributed by atoms with Crippen LogP contribution in [0.4, 0.5) is 4.39 Å². The molecule has 2 fully saturated rings. The van der Waals surface area contributed by atoms with Gasteiger partial charge in [-0.3, -0.25) is 19.8 Å². The fourth-order valence-electron chi connectivity index (χ4n) is 4.84. The van der Waals surface area contributed by atoms with Crippen LogP contribution in [0.2, 0.25) is 0 Å². The van der Waals surface area contributed by atoms with Gasteiger partial charge in [0.25, 0.3) is 0 Å². The number of nitrogens with zero attached hydrogens (tertiary/aromatic N) is 1. The maximum absolute atomic E-state index is 13.8. The Morgan fingerprint density at radius 2 is 1.83 bits per heavy atom. The summed E-state index contributed by atoms with van der Waals surface area (Å²) in [5.74, 6) is -0.412. The molecule has 0 aromatic heterocycles. The van der Waals surface area contributed by atoms with Crippen molar-refractivity contribution >= 4 is 27.7 Å². The largest absolute Gasteiger partial charge is 0.299 e. The Balaban J connectivity index is 1.50. The summed E-state index contributed by atoms with van der Waals surface area (Å²) in [7, 11) is 0. The van der Waals surface area contributed by atoms with E-state index in [1.54, 1.807) is 12.1 Å². The van der Waals surface area contributed by atoms with Crippen LogP contribution in [-0.2, 0) is 21.5 Å². The molecule has 0 bridgehead atoms. The molecular weight excluding hydrogens is 435 g/mol. The number of hydrogen-bond donors (Lipinski definition) is 1. The molecule has 0 saturated carbocycles. The zero-order chi connectivity index (χ0) is 20.4. The summed E-state index contributed by atoms with van der Waals surface area (Å²) in [6.45, 7) is 2.39. The molecule has 29 heavy (non-hydrogen) atoms. The number of carbonyl (C=O) groups excluding carboxylic acids is 2. The fourth-order valence-corrected chi connectivity index (χ4v) is 5.09. The lowest BCUT2D eigenvalue weighted by Crippen LogP contribution is -2.57. The second kappa shape index (κ2) is 8.36. The van der Waals surface area contributed by atoms with Gasteiger partial charge in [0, 0.05) is 13.0 Å². The van der Waals surface area contributed by atoms with Crippen molar-refractivity contribution in [1.29, 1.82) is 0 Å². The van der Waals surface area contributed by atoms with Crippen molar-refractivity contribution in [2.75, 3.05) is 13.1 Å². The van der Waals surface area contributed by atoms with Crippen LogP contribution in [0.5, 0.6) is 0 Å². The molecule has 0 radical (unpaired) electrons. The molecule has 2 amide bonds. The van der Waals surface area contributed by atoms with E-state index in [9.17, 15) is 14.0 Å². The van der Waals surface area contributed by atoms with Crippen molar-refractivity contribution in [1.82, 2.24) is 10.2 Å². The molecule has 0 spiro atoms. The van der Waals surface area contributed by atoms with Gasteiger partial charge in [0.2, 0.25) is 11.8 Å². The topological polar surface area (TPSA) is 49.4 Å². The summed E-state index contributed by atoms with van der Waals surface area (Å²) in [6.07, 6.45) is 2.67. The molecule has 4 rings (SSSR count). The van der Waals surface area contributed by atoms with Gasteiger partial charge in [-0.25, -0.2) is 4.39 Å². The number of nitrogens with one attached hydrogen (secondary N) is 1. The molecule has 0 unspecified atom stereocenters. The van der Waals surface area contributed by atoms with Crippen molar-refractivity contribution in [2.45, 2.75) is 37.6 Å². The van der Waals surface area contributed by atoms with Crippen LogP contribution in [-0.4, -0.2) is 29.8 Å². The molecule has 2 heterocycles. The summed E-state index contributed by atoms with van der Waals surface area (Å²) in [6, 6.07) is 15.1. The van der Waals surface area contributed by atoms with Gasteiger partial charge in [0.1, 0.15) is 5.82 Å². The Morgan fingerprint density at radius 1 is 1.10 bits per heavy atom. The summed E-state index contributed by atoms with van der Waals surface area (Å²) < 4.78 is 14.3. The quantitative estimate of drug-likeness (QED) is 0.699. The number of amides is 2. The van der Waals surface area contributed by atoms with E-state index < -0.39 is 5.41 Å². The van der Waals surface area contributed by atoms with Crippen LogP contribution in [0.1, 0.15) is 36.8 Å². The molecule has 1 atom stereocenters. The van der Waals surface area contributed by atoms with Crippen molar-refractivity contribution in [3.05, 3.63) is 69.9 Å². The highest BCUT2D eigenvalue weighted by Gasteiger charge is 2.50. The second-order valence-electron chi connectivity index (χ2n) is 8.01. The first-order valence-corrected chi connectivity index (χ1v) is 10.8. The van der Waals surface area contributed by atoms with Gasteiger partial charge in [0.15, 0.2) is 0 Å². The highest BCUT2D eigenvalue weighted by Crippen LogP contribution is 2.44. The molecule has 2 aromatic rings. The van der Waals surface area contributed by atoms with Crippen LogP contribution in [0.3, 0.4) is 0 Å². The Bertz CT molecular complexity index is 912. The SMILES string of the molecule is O=C1CC[C@](c2ccccc2)(C2CCN(Cc3ccc(Br)c(F)c3)CC2)C(=O)N1. The highest BCUT2D eigenvalue weighted by atomic mass is 79.9. The molecule has 152 valence electrons. The van der Waals surface area contributed by atoms with Crippen molar-refractivity contribution < 1.29 is 14.0 Å². The third-order valence-corrected chi connectivity index (χ3v) is 7.01. The molecular formula is C23H24BrFN2O2. The van der Waals surface area contributed by atoms with E-state index in [1.807, 2.05) is 36.4 Å². The normalized spacial score (nSPS) is 23.8. The average Bonchev–Trinajstić information content (AvgIpc) is 2.73. The predicted molar refractivity (Wildman–Crippen MR) is 113 cm³/mol. The first-order valence-electron chi connectivity index (χ1n) is 10.0. The van der Waals surface area contributed by atoms with Crippen molar-refractivity contribution in [2.24, 2.45) is 5.92 Å².